The number of benzene rings is 1. The van der Waals surface area contributed by atoms with E-state index >= 15 is 0 Å². The molecule has 0 radical (unpaired) electrons. The van der Waals surface area contributed by atoms with Crippen LogP contribution in [0.1, 0.15) is 64.3 Å². The predicted octanol–water partition coefficient (Wildman–Crippen LogP) is 4.29. The van der Waals surface area contributed by atoms with Gasteiger partial charge in [0.05, 0.1) is 6.04 Å². The van der Waals surface area contributed by atoms with Crippen LogP contribution in [0.5, 0.6) is 0 Å². The zero-order chi connectivity index (χ0) is 17.9. The average Bonchev–Trinajstić information content (AvgIpc) is 2.49. The number of hydrogen-bond donors (Lipinski definition) is 1. The summed E-state index contributed by atoms with van der Waals surface area (Å²) in [5.41, 5.74) is 3.51. The second-order valence-corrected chi connectivity index (χ2v) is 8.11. The van der Waals surface area contributed by atoms with Crippen LogP contribution in [0.3, 0.4) is 0 Å². The lowest BCUT2D eigenvalue weighted by Crippen LogP contribution is -2.41. The average molecular weight is 332 g/mol. The molecule has 1 N–H and O–H groups in total. The molecule has 1 aromatic rings. The van der Waals surface area contributed by atoms with Crippen LogP contribution in [0.4, 0.5) is 4.79 Å². The van der Waals surface area contributed by atoms with E-state index in [1.165, 1.54) is 16.7 Å². The lowest BCUT2D eigenvalue weighted by atomic mass is 9.91. The summed E-state index contributed by atoms with van der Waals surface area (Å²) in [6.07, 6.45) is 0.787. The van der Waals surface area contributed by atoms with E-state index in [4.69, 9.17) is 4.74 Å². The Bertz CT molecular complexity index is 575. The van der Waals surface area contributed by atoms with Crippen molar-refractivity contribution >= 4 is 6.09 Å². The number of hydrogen-bond acceptors (Lipinski definition) is 3. The molecule has 1 aromatic carbocycles. The first-order chi connectivity index (χ1) is 11.2. The highest BCUT2D eigenvalue weighted by Gasteiger charge is 2.29. The molecule has 1 atom stereocenters. The fourth-order valence-electron chi connectivity index (χ4n) is 3.23. The molecule has 0 bridgehead atoms. The summed E-state index contributed by atoms with van der Waals surface area (Å²) >= 11 is 0. The second-order valence-electron chi connectivity index (χ2n) is 8.11. The van der Waals surface area contributed by atoms with Crippen molar-refractivity contribution in [3.05, 3.63) is 34.9 Å². The lowest BCUT2D eigenvalue weighted by molar-refractivity contribution is 0.0146. The summed E-state index contributed by atoms with van der Waals surface area (Å²) in [7, 11) is 0. The van der Waals surface area contributed by atoms with Gasteiger partial charge in [0.15, 0.2) is 0 Å². The molecule has 134 valence electrons. The van der Waals surface area contributed by atoms with Crippen LogP contribution in [0.2, 0.25) is 0 Å². The van der Waals surface area contributed by atoms with Crippen molar-refractivity contribution in [1.29, 1.82) is 0 Å². The number of carbonyl (C=O) groups is 1. The number of amides is 1. The first-order valence-corrected chi connectivity index (χ1v) is 9.00. The Kier molecular flexibility index (Phi) is 5.92. The fourth-order valence-corrected chi connectivity index (χ4v) is 3.23. The third kappa shape index (κ3) is 4.73. The quantitative estimate of drug-likeness (QED) is 0.894. The maximum Gasteiger partial charge on any atom is 0.410 e. The second kappa shape index (κ2) is 7.56. The van der Waals surface area contributed by atoms with E-state index in [0.717, 1.165) is 19.5 Å². The fraction of sp³-hybridized carbons (Fsp3) is 0.650. The molecule has 1 aliphatic rings. The molecule has 0 saturated heterocycles. The highest BCUT2D eigenvalue weighted by Crippen LogP contribution is 2.29. The third-order valence-electron chi connectivity index (χ3n) is 4.28. The van der Waals surface area contributed by atoms with E-state index in [-0.39, 0.29) is 12.1 Å². The van der Waals surface area contributed by atoms with Gasteiger partial charge in [0.1, 0.15) is 5.60 Å². The van der Waals surface area contributed by atoms with Gasteiger partial charge in [-0.05, 0) is 63.3 Å². The van der Waals surface area contributed by atoms with E-state index in [1.807, 2.05) is 25.7 Å². The number of rotatable bonds is 4. The molecule has 1 unspecified atom stereocenters. The molecule has 0 fully saturated rings. The number of carbonyl (C=O) groups excluding carboxylic acids is 1. The normalized spacial score (nSPS) is 15.8. The van der Waals surface area contributed by atoms with Crippen LogP contribution in [-0.4, -0.2) is 29.7 Å². The predicted molar refractivity (Wildman–Crippen MR) is 98.0 cm³/mol. The van der Waals surface area contributed by atoms with Crippen molar-refractivity contribution in [1.82, 2.24) is 10.2 Å². The molecule has 2 rings (SSSR count). The molecule has 1 aliphatic heterocycles. The third-order valence-corrected chi connectivity index (χ3v) is 4.28. The van der Waals surface area contributed by atoms with Crippen molar-refractivity contribution in [2.24, 2.45) is 5.92 Å². The largest absolute Gasteiger partial charge is 0.444 e. The zero-order valence-electron chi connectivity index (χ0n) is 16.0. The molecular weight excluding hydrogens is 300 g/mol. The van der Waals surface area contributed by atoms with E-state index in [1.54, 1.807) is 0 Å². The first-order valence-electron chi connectivity index (χ1n) is 9.00. The summed E-state index contributed by atoms with van der Waals surface area (Å²) in [5, 5.41) is 3.42. The van der Waals surface area contributed by atoms with Gasteiger partial charge in [-0.25, -0.2) is 4.79 Å². The maximum absolute atomic E-state index is 12.8. The standard InChI is InChI=1S/C20H32N2O2/c1-14(2)13-22(19(23)24-20(4,5)6)15(3)17-9-7-8-16-12-21-11-10-18(16)17/h7-9,14-15,21H,10-13H2,1-6H3. The molecule has 4 heteroatoms. The Morgan fingerprint density at radius 2 is 2.00 bits per heavy atom. The van der Waals surface area contributed by atoms with E-state index < -0.39 is 5.60 Å². The number of fused-ring (bicyclic) bond motifs is 1. The minimum atomic E-state index is -0.480. The summed E-state index contributed by atoms with van der Waals surface area (Å²) in [4.78, 5) is 14.7. The highest BCUT2D eigenvalue weighted by atomic mass is 16.6. The summed E-state index contributed by atoms with van der Waals surface area (Å²) < 4.78 is 5.66. The Labute approximate surface area is 146 Å². The van der Waals surface area contributed by atoms with Crippen molar-refractivity contribution in [2.45, 2.75) is 66.2 Å². The molecule has 24 heavy (non-hydrogen) atoms. The van der Waals surface area contributed by atoms with Gasteiger partial charge in [0.2, 0.25) is 0 Å². The number of nitrogens with zero attached hydrogens (tertiary/aromatic N) is 1. The number of ether oxygens (including phenoxy) is 1. The summed E-state index contributed by atoms with van der Waals surface area (Å²) in [6.45, 7) is 14.7. The van der Waals surface area contributed by atoms with Crippen LogP contribution in [-0.2, 0) is 17.7 Å². The van der Waals surface area contributed by atoms with Crippen LogP contribution in [0.25, 0.3) is 0 Å². The Morgan fingerprint density at radius 1 is 1.29 bits per heavy atom. The van der Waals surface area contributed by atoms with Crippen molar-refractivity contribution in [3.63, 3.8) is 0 Å². The van der Waals surface area contributed by atoms with Crippen molar-refractivity contribution in [3.8, 4) is 0 Å². The Morgan fingerprint density at radius 3 is 2.62 bits per heavy atom. The maximum atomic E-state index is 12.8. The molecule has 0 spiro atoms. The van der Waals surface area contributed by atoms with Gasteiger partial charge in [-0.3, -0.25) is 0 Å². The molecule has 0 aromatic heterocycles. The molecule has 1 amide bonds. The number of nitrogens with one attached hydrogen (secondary N) is 1. The first kappa shape index (κ1) is 18.8. The van der Waals surface area contributed by atoms with E-state index in [0.29, 0.717) is 12.5 Å². The van der Waals surface area contributed by atoms with E-state index in [9.17, 15) is 4.79 Å². The summed E-state index contributed by atoms with van der Waals surface area (Å²) in [6, 6.07) is 6.44. The Hall–Kier alpha value is -1.55. The van der Waals surface area contributed by atoms with Crippen LogP contribution >= 0.6 is 0 Å². The summed E-state index contributed by atoms with van der Waals surface area (Å²) in [5.74, 6) is 0.390. The van der Waals surface area contributed by atoms with Gasteiger partial charge < -0.3 is 15.0 Å². The molecule has 1 heterocycles. The van der Waals surface area contributed by atoms with Gasteiger partial charge in [-0.1, -0.05) is 32.0 Å². The minimum Gasteiger partial charge on any atom is -0.444 e. The topological polar surface area (TPSA) is 41.6 Å². The van der Waals surface area contributed by atoms with Gasteiger partial charge in [-0.2, -0.15) is 0 Å². The smallest absolute Gasteiger partial charge is 0.410 e. The molecule has 0 saturated carbocycles. The van der Waals surface area contributed by atoms with Gasteiger partial charge in [0.25, 0.3) is 0 Å². The van der Waals surface area contributed by atoms with Crippen molar-refractivity contribution < 1.29 is 9.53 Å². The minimum absolute atomic E-state index is 0.00954. The van der Waals surface area contributed by atoms with Crippen LogP contribution < -0.4 is 5.32 Å². The zero-order valence-corrected chi connectivity index (χ0v) is 16.0. The van der Waals surface area contributed by atoms with Gasteiger partial charge >= 0.3 is 6.09 Å². The molecule has 4 nitrogen and oxygen atoms in total. The SMILES string of the molecule is CC(C)CN(C(=O)OC(C)(C)C)C(C)c1cccc2c1CCNC2. The highest BCUT2D eigenvalue weighted by molar-refractivity contribution is 5.69. The van der Waals surface area contributed by atoms with Gasteiger partial charge in [-0.15, -0.1) is 0 Å². The Balaban J connectivity index is 2.31. The lowest BCUT2D eigenvalue weighted by Gasteiger charge is -2.35. The van der Waals surface area contributed by atoms with Crippen LogP contribution in [0.15, 0.2) is 18.2 Å². The molecule has 0 aliphatic carbocycles. The van der Waals surface area contributed by atoms with Gasteiger partial charge in [0, 0.05) is 13.1 Å². The van der Waals surface area contributed by atoms with Crippen LogP contribution in [0, 0.1) is 5.92 Å². The monoisotopic (exact) mass is 332 g/mol. The molecular formula is C20H32N2O2. The van der Waals surface area contributed by atoms with E-state index in [2.05, 4.69) is 44.3 Å². The van der Waals surface area contributed by atoms with Crippen molar-refractivity contribution in [2.75, 3.05) is 13.1 Å².